The number of anilines is 3. The fourth-order valence-corrected chi connectivity index (χ4v) is 11.3. The maximum atomic E-state index is 2.51. The predicted octanol–water partition coefficient (Wildman–Crippen LogP) is 14.9. The first-order valence-corrected chi connectivity index (χ1v) is 19.8. The van der Waals surface area contributed by atoms with E-state index in [1.165, 1.54) is 90.7 Å². The average molecular weight is 712 g/mol. The lowest BCUT2D eigenvalue weighted by atomic mass is 9.73. The molecule has 2 aromatic heterocycles. The number of nitrogens with zero attached hydrogens (tertiary/aromatic N) is 1. The van der Waals surface area contributed by atoms with E-state index in [0.29, 0.717) is 0 Å². The minimum Gasteiger partial charge on any atom is -0.308 e. The summed E-state index contributed by atoms with van der Waals surface area (Å²) in [5.41, 5.74) is 12.5. The standard InChI is InChI=1S/C50H33NS2/c1-50(39-20-8-5-16-35(39)36-17-6-9-21-40(36)50)41-22-12-26-45-47(41)38-19-11-24-43(49(38)53-45)51(34-30-28-33(29-31-34)32-14-3-2-4-15-32)42-23-13-27-46-48(42)37-18-7-10-25-44(37)52-46/h2-31H,1H3. The Morgan fingerprint density at radius 2 is 0.943 bits per heavy atom. The molecule has 2 heterocycles. The summed E-state index contributed by atoms with van der Waals surface area (Å²) in [4.78, 5) is 2.51. The van der Waals surface area contributed by atoms with Crippen molar-refractivity contribution < 1.29 is 0 Å². The molecule has 0 saturated heterocycles. The fraction of sp³-hybridized carbons (Fsp3) is 0.0400. The highest BCUT2D eigenvalue weighted by Crippen LogP contribution is 2.56. The van der Waals surface area contributed by atoms with E-state index >= 15 is 0 Å². The Morgan fingerprint density at radius 3 is 1.72 bits per heavy atom. The first-order valence-electron chi connectivity index (χ1n) is 18.2. The van der Waals surface area contributed by atoms with Crippen LogP contribution in [0.5, 0.6) is 0 Å². The molecule has 0 N–H and O–H groups in total. The van der Waals surface area contributed by atoms with Gasteiger partial charge in [-0.2, -0.15) is 0 Å². The van der Waals surface area contributed by atoms with Crippen molar-refractivity contribution in [2.24, 2.45) is 0 Å². The van der Waals surface area contributed by atoms with E-state index in [4.69, 9.17) is 0 Å². The van der Waals surface area contributed by atoms with Gasteiger partial charge in [-0.15, -0.1) is 22.7 Å². The molecule has 8 aromatic carbocycles. The summed E-state index contributed by atoms with van der Waals surface area (Å²) < 4.78 is 5.21. The van der Waals surface area contributed by atoms with Gasteiger partial charge < -0.3 is 4.90 Å². The molecule has 0 atom stereocenters. The maximum Gasteiger partial charge on any atom is 0.0640 e. The lowest BCUT2D eigenvalue weighted by Crippen LogP contribution is -2.22. The minimum atomic E-state index is -0.287. The van der Waals surface area contributed by atoms with Gasteiger partial charge in [-0.3, -0.25) is 0 Å². The van der Waals surface area contributed by atoms with Crippen molar-refractivity contribution in [3.05, 3.63) is 199 Å². The smallest absolute Gasteiger partial charge is 0.0640 e. The molecule has 0 amide bonds. The van der Waals surface area contributed by atoms with Crippen molar-refractivity contribution in [3.8, 4) is 22.3 Å². The highest BCUT2D eigenvalue weighted by Gasteiger charge is 2.41. The monoisotopic (exact) mass is 711 g/mol. The summed E-state index contributed by atoms with van der Waals surface area (Å²) in [5, 5.41) is 5.24. The molecule has 0 bridgehead atoms. The molecule has 10 aromatic rings. The molecule has 1 nitrogen and oxygen atoms in total. The van der Waals surface area contributed by atoms with E-state index in [0.717, 1.165) is 5.69 Å². The minimum absolute atomic E-state index is 0.287. The predicted molar refractivity (Wildman–Crippen MR) is 230 cm³/mol. The van der Waals surface area contributed by atoms with Gasteiger partial charge in [-0.05, 0) is 88.3 Å². The molecule has 0 aliphatic heterocycles. The van der Waals surface area contributed by atoms with Gasteiger partial charge in [0.2, 0.25) is 0 Å². The van der Waals surface area contributed by atoms with Gasteiger partial charge in [-0.1, -0.05) is 140 Å². The summed E-state index contributed by atoms with van der Waals surface area (Å²) in [6.07, 6.45) is 0. The molecule has 3 heteroatoms. The van der Waals surface area contributed by atoms with Crippen molar-refractivity contribution in [1.82, 2.24) is 0 Å². The van der Waals surface area contributed by atoms with Gasteiger partial charge in [0.15, 0.2) is 0 Å². The molecule has 250 valence electrons. The molecular formula is C50H33NS2. The third-order valence-electron chi connectivity index (χ3n) is 11.4. The molecule has 0 radical (unpaired) electrons. The highest BCUT2D eigenvalue weighted by atomic mass is 32.1. The van der Waals surface area contributed by atoms with E-state index in [2.05, 4.69) is 194 Å². The Labute approximate surface area is 316 Å². The Hall–Kier alpha value is -6.00. The van der Waals surface area contributed by atoms with E-state index in [1.807, 2.05) is 22.7 Å². The van der Waals surface area contributed by atoms with E-state index in [1.54, 1.807) is 0 Å². The van der Waals surface area contributed by atoms with E-state index in [-0.39, 0.29) is 5.41 Å². The maximum absolute atomic E-state index is 2.51. The number of benzene rings is 8. The molecular weight excluding hydrogens is 679 g/mol. The van der Waals surface area contributed by atoms with E-state index in [9.17, 15) is 0 Å². The quantitative estimate of drug-likeness (QED) is 0.172. The third-order valence-corrected chi connectivity index (χ3v) is 13.7. The number of fused-ring (bicyclic) bond motifs is 9. The molecule has 1 aliphatic rings. The van der Waals surface area contributed by atoms with Gasteiger partial charge in [0.05, 0.1) is 16.1 Å². The Kier molecular flexibility index (Phi) is 6.79. The molecule has 0 spiro atoms. The zero-order chi connectivity index (χ0) is 35.1. The van der Waals surface area contributed by atoms with Crippen molar-refractivity contribution in [1.29, 1.82) is 0 Å². The van der Waals surface area contributed by atoms with Crippen LogP contribution in [0.1, 0.15) is 23.6 Å². The van der Waals surface area contributed by atoms with Crippen LogP contribution >= 0.6 is 22.7 Å². The molecule has 1 aliphatic carbocycles. The second-order valence-corrected chi connectivity index (χ2v) is 16.3. The summed E-state index contributed by atoms with van der Waals surface area (Å²) in [7, 11) is 0. The SMILES string of the molecule is CC1(c2cccc3sc4c(N(c5ccc(-c6ccccc6)cc5)c5cccc6sc7ccccc7c56)cccc4c23)c2ccccc2-c2ccccc21. The number of rotatable bonds is 5. The first-order chi connectivity index (χ1) is 26.2. The largest absolute Gasteiger partial charge is 0.308 e. The van der Waals surface area contributed by atoms with Gasteiger partial charge in [-0.25, -0.2) is 0 Å². The zero-order valence-electron chi connectivity index (χ0n) is 29.1. The normalized spacial score (nSPS) is 13.2. The molecule has 53 heavy (non-hydrogen) atoms. The zero-order valence-corrected chi connectivity index (χ0v) is 30.7. The van der Waals surface area contributed by atoms with Gasteiger partial charge in [0.1, 0.15) is 0 Å². The van der Waals surface area contributed by atoms with Crippen molar-refractivity contribution in [3.63, 3.8) is 0 Å². The van der Waals surface area contributed by atoms with Crippen LogP contribution in [0.25, 0.3) is 62.6 Å². The van der Waals surface area contributed by atoms with Crippen LogP contribution in [0, 0.1) is 0 Å². The first kappa shape index (κ1) is 30.6. The number of hydrogen-bond donors (Lipinski definition) is 0. The van der Waals surface area contributed by atoms with Gasteiger partial charge in [0, 0.05) is 46.7 Å². The second-order valence-electron chi connectivity index (χ2n) is 14.1. The molecule has 0 fully saturated rings. The number of hydrogen-bond acceptors (Lipinski definition) is 3. The van der Waals surface area contributed by atoms with Crippen LogP contribution in [0.15, 0.2) is 182 Å². The summed E-state index contributed by atoms with van der Waals surface area (Å²) in [6, 6.07) is 67.3. The third kappa shape index (κ3) is 4.48. The van der Waals surface area contributed by atoms with Crippen LogP contribution < -0.4 is 4.90 Å². The summed E-state index contributed by atoms with van der Waals surface area (Å²) >= 11 is 3.78. The Balaban J connectivity index is 1.18. The fourth-order valence-electron chi connectivity index (χ4n) is 8.95. The number of thiophene rings is 2. The van der Waals surface area contributed by atoms with E-state index < -0.39 is 0 Å². The summed E-state index contributed by atoms with van der Waals surface area (Å²) in [5.74, 6) is 0. The molecule has 11 rings (SSSR count). The van der Waals surface area contributed by atoms with Crippen molar-refractivity contribution in [2.45, 2.75) is 12.3 Å². The summed E-state index contributed by atoms with van der Waals surface area (Å²) in [6.45, 7) is 2.43. The highest BCUT2D eigenvalue weighted by molar-refractivity contribution is 7.26. The van der Waals surface area contributed by atoms with Gasteiger partial charge >= 0.3 is 0 Å². The molecule has 0 unspecified atom stereocenters. The van der Waals surface area contributed by atoms with Crippen molar-refractivity contribution >= 4 is 80.1 Å². The average Bonchev–Trinajstić information content (AvgIpc) is 3.88. The lowest BCUT2D eigenvalue weighted by molar-refractivity contribution is 0.722. The van der Waals surface area contributed by atoms with Crippen LogP contribution in [0.3, 0.4) is 0 Å². The molecule has 0 saturated carbocycles. The van der Waals surface area contributed by atoms with Crippen LogP contribution in [-0.2, 0) is 5.41 Å². The van der Waals surface area contributed by atoms with Crippen molar-refractivity contribution in [2.75, 3.05) is 4.90 Å². The van der Waals surface area contributed by atoms with Crippen LogP contribution in [0.4, 0.5) is 17.1 Å². The van der Waals surface area contributed by atoms with Crippen LogP contribution in [0.2, 0.25) is 0 Å². The van der Waals surface area contributed by atoms with Crippen LogP contribution in [-0.4, -0.2) is 0 Å². The Bertz CT molecular complexity index is 2980. The van der Waals surface area contributed by atoms with Gasteiger partial charge in [0.25, 0.3) is 0 Å². The topological polar surface area (TPSA) is 3.24 Å². The lowest BCUT2D eigenvalue weighted by Gasteiger charge is -2.29. The second kappa shape index (κ2) is 11.8. The Morgan fingerprint density at radius 1 is 0.396 bits per heavy atom.